The molecule has 0 heterocycles. The van der Waals surface area contributed by atoms with Crippen molar-refractivity contribution < 1.29 is 34.0 Å². The van der Waals surface area contributed by atoms with Gasteiger partial charge in [0.05, 0.1) is 37.0 Å². The van der Waals surface area contributed by atoms with Gasteiger partial charge in [0, 0.05) is 18.8 Å². The largest absolute Gasteiger partial charge is 0.469 e. The number of ketones is 1. The van der Waals surface area contributed by atoms with Crippen LogP contribution in [0.25, 0.3) is 0 Å². The lowest BCUT2D eigenvalue weighted by atomic mass is 9.74. The van der Waals surface area contributed by atoms with E-state index < -0.39 is 29.1 Å². The molecule has 0 rings (SSSR count). The van der Waals surface area contributed by atoms with Gasteiger partial charge in [0.15, 0.2) is 0 Å². The quantitative estimate of drug-likeness (QED) is 0.0716. The molecule has 0 amide bonds. The Labute approximate surface area is 210 Å². The normalized spacial score (nSPS) is 15.1. The molecule has 0 radical (unpaired) electrons. The maximum Gasteiger partial charge on any atom is 0.308 e. The van der Waals surface area contributed by atoms with Gasteiger partial charge >= 0.3 is 11.9 Å². The van der Waals surface area contributed by atoms with E-state index in [0.717, 1.165) is 19.3 Å². The Morgan fingerprint density at radius 3 is 2.20 bits per heavy atom. The first-order chi connectivity index (χ1) is 16.6. The predicted molar refractivity (Wildman–Crippen MR) is 133 cm³/mol. The molecule has 4 unspecified atom stereocenters. The molecule has 0 fully saturated rings. The third-order valence-corrected chi connectivity index (χ3v) is 6.37. The van der Waals surface area contributed by atoms with Crippen molar-refractivity contribution in [2.75, 3.05) is 13.7 Å². The second-order valence-corrected chi connectivity index (χ2v) is 9.73. The molecule has 0 saturated heterocycles. The molecular weight excluding hydrogens is 450 g/mol. The molecule has 200 valence electrons. The van der Waals surface area contributed by atoms with Crippen molar-refractivity contribution in [3.8, 4) is 6.07 Å². The van der Waals surface area contributed by atoms with Crippen molar-refractivity contribution in [3.05, 3.63) is 12.3 Å². The fourth-order valence-electron chi connectivity index (χ4n) is 4.31. The summed E-state index contributed by atoms with van der Waals surface area (Å²) in [6, 6.07) is 2.18. The van der Waals surface area contributed by atoms with Gasteiger partial charge in [-0.3, -0.25) is 14.4 Å². The number of carbonyl (C=O) groups is 3. The molecule has 0 aromatic carbocycles. The van der Waals surface area contributed by atoms with Gasteiger partial charge in [-0.05, 0) is 32.6 Å². The maximum atomic E-state index is 12.7. The van der Waals surface area contributed by atoms with E-state index in [0.29, 0.717) is 6.61 Å². The summed E-state index contributed by atoms with van der Waals surface area (Å²) in [6.07, 6.45) is 7.30. The summed E-state index contributed by atoms with van der Waals surface area (Å²) in [7, 11) is 1.27. The van der Waals surface area contributed by atoms with Gasteiger partial charge in [0.25, 0.3) is 0 Å². The van der Waals surface area contributed by atoms with Crippen LogP contribution >= 0.6 is 0 Å². The van der Waals surface area contributed by atoms with E-state index in [1.807, 2.05) is 0 Å². The Balaban J connectivity index is 5.19. The minimum Gasteiger partial charge on any atom is -0.469 e. The smallest absolute Gasteiger partial charge is 0.308 e. The fraction of sp³-hybridized carbons (Fsp3) is 0.778. The van der Waals surface area contributed by atoms with Crippen LogP contribution in [0.5, 0.6) is 0 Å². The van der Waals surface area contributed by atoms with E-state index in [9.17, 15) is 19.6 Å². The first-order valence-corrected chi connectivity index (χ1v) is 12.7. The minimum absolute atomic E-state index is 0.0167. The van der Waals surface area contributed by atoms with Crippen LogP contribution in [0.3, 0.4) is 0 Å². The molecule has 0 aliphatic heterocycles. The summed E-state index contributed by atoms with van der Waals surface area (Å²) in [5.74, 6) is -2.79. The van der Waals surface area contributed by atoms with Gasteiger partial charge in [0.1, 0.15) is 11.5 Å². The van der Waals surface area contributed by atoms with E-state index in [4.69, 9.17) is 14.7 Å². The number of ether oxygens (including phenoxy) is 2. The SMILES string of the molecule is C=C(CC(C)(C#N)CC(CC(CC(C)C(=O)OCCCCCCCC)C(=O)OC)C(=O)CC)OO. The van der Waals surface area contributed by atoms with Gasteiger partial charge in [-0.1, -0.05) is 59.5 Å². The van der Waals surface area contributed by atoms with Crippen LogP contribution in [0, 0.1) is 34.5 Å². The molecule has 1 N–H and O–H groups in total. The second-order valence-electron chi connectivity index (χ2n) is 9.73. The molecule has 0 bridgehead atoms. The second kappa shape index (κ2) is 18.0. The van der Waals surface area contributed by atoms with E-state index in [-0.39, 0.29) is 49.6 Å². The number of nitrogens with zero attached hydrogens (tertiary/aromatic N) is 1. The van der Waals surface area contributed by atoms with Gasteiger partial charge < -0.3 is 14.4 Å². The van der Waals surface area contributed by atoms with Crippen molar-refractivity contribution >= 4 is 17.7 Å². The molecule has 8 nitrogen and oxygen atoms in total. The molecular formula is C27H45NO7. The molecule has 4 atom stereocenters. The molecule has 0 aromatic rings. The molecule has 0 spiro atoms. The highest BCUT2D eigenvalue weighted by Gasteiger charge is 2.36. The number of unbranched alkanes of at least 4 members (excludes halogenated alkanes) is 5. The highest BCUT2D eigenvalue weighted by Crippen LogP contribution is 2.36. The Morgan fingerprint density at radius 1 is 1.03 bits per heavy atom. The summed E-state index contributed by atoms with van der Waals surface area (Å²) < 4.78 is 10.4. The zero-order chi connectivity index (χ0) is 26.9. The third-order valence-electron chi connectivity index (χ3n) is 6.37. The topological polar surface area (TPSA) is 123 Å². The summed E-state index contributed by atoms with van der Waals surface area (Å²) in [4.78, 5) is 41.9. The van der Waals surface area contributed by atoms with Gasteiger partial charge in [0.2, 0.25) is 0 Å². The molecule has 0 aliphatic rings. The van der Waals surface area contributed by atoms with Crippen molar-refractivity contribution in [1.29, 1.82) is 5.26 Å². The number of nitriles is 1. The Morgan fingerprint density at radius 2 is 1.66 bits per heavy atom. The van der Waals surface area contributed by atoms with E-state index >= 15 is 0 Å². The highest BCUT2D eigenvalue weighted by molar-refractivity contribution is 5.82. The van der Waals surface area contributed by atoms with E-state index in [1.165, 1.54) is 26.4 Å². The number of methoxy groups -OCH3 is 1. The zero-order valence-corrected chi connectivity index (χ0v) is 22.3. The van der Waals surface area contributed by atoms with E-state index in [2.05, 4.69) is 24.5 Å². The van der Waals surface area contributed by atoms with Crippen LogP contribution in [0.2, 0.25) is 0 Å². The molecule has 35 heavy (non-hydrogen) atoms. The van der Waals surface area contributed by atoms with Gasteiger partial charge in [-0.15, -0.1) is 0 Å². The summed E-state index contributed by atoms with van der Waals surface area (Å²) in [5, 5.41) is 18.5. The standard InChI is InChI=1S/C27H45NO7/c1-7-9-10-11-12-13-14-34-25(30)20(3)15-22(26(31)33-6)16-23(24(29)8-2)18-27(5,19-28)17-21(4)35-32/h20,22-23,32H,4,7-18H2,1-3,5-6H3. The van der Waals surface area contributed by atoms with Crippen LogP contribution in [-0.4, -0.2) is 36.7 Å². The summed E-state index contributed by atoms with van der Waals surface area (Å²) in [5.41, 5.74) is -1.03. The number of Topliss-reactive ketones (excluding diaryl/α,β-unsaturated/α-hetero) is 1. The lowest BCUT2D eigenvalue weighted by Crippen LogP contribution is -2.31. The Hall–Kier alpha value is -2.40. The molecule has 8 heteroatoms. The average Bonchev–Trinajstić information content (AvgIpc) is 2.85. The number of rotatable bonds is 20. The summed E-state index contributed by atoms with van der Waals surface area (Å²) >= 11 is 0. The van der Waals surface area contributed by atoms with Crippen LogP contribution in [0.15, 0.2) is 12.3 Å². The van der Waals surface area contributed by atoms with Crippen LogP contribution < -0.4 is 0 Å². The Kier molecular flexibility index (Phi) is 16.7. The first kappa shape index (κ1) is 32.6. The summed E-state index contributed by atoms with van der Waals surface area (Å²) in [6.45, 7) is 11.2. The number of carbonyl (C=O) groups excluding carboxylic acids is 3. The van der Waals surface area contributed by atoms with Crippen molar-refractivity contribution in [2.24, 2.45) is 23.2 Å². The van der Waals surface area contributed by atoms with Crippen LogP contribution in [-0.2, 0) is 28.7 Å². The maximum absolute atomic E-state index is 12.7. The monoisotopic (exact) mass is 495 g/mol. The number of allylic oxidation sites excluding steroid dienone is 1. The highest BCUT2D eigenvalue weighted by atomic mass is 17.1. The minimum atomic E-state index is -1.03. The molecule has 0 saturated carbocycles. The predicted octanol–water partition coefficient (Wildman–Crippen LogP) is 6.00. The van der Waals surface area contributed by atoms with E-state index in [1.54, 1.807) is 20.8 Å². The zero-order valence-electron chi connectivity index (χ0n) is 22.3. The van der Waals surface area contributed by atoms with Crippen molar-refractivity contribution in [2.45, 2.75) is 98.3 Å². The number of esters is 2. The van der Waals surface area contributed by atoms with Crippen LogP contribution in [0.4, 0.5) is 0 Å². The third kappa shape index (κ3) is 13.3. The fourth-order valence-corrected chi connectivity index (χ4v) is 4.31. The van der Waals surface area contributed by atoms with Gasteiger partial charge in [-0.25, -0.2) is 5.26 Å². The lowest BCUT2D eigenvalue weighted by Gasteiger charge is -2.29. The number of hydrogen-bond donors (Lipinski definition) is 1. The molecule has 0 aromatic heterocycles. The average molecular weight is 496 g/mol. The van der Waals surface area contributed by atoms with Gasteiger partial charge in [-0.2, -0.15) is 5.26 Å². The van der Waals surface area contributed by atoms with Crippen molar-refractivity contribution in [1.82, 2.24) is 0 Å². The first-order valence-electron chi connectivity index (χ1n) is 12.7. The van der Waals surface area contributed by atoms with Crippen LogP contribution in [0.1, 0.15) is 98.3 Å². The Bertz CT molecular complexity index is 715. The van der Waals surface area contributed by atoms with Crippen molar-refractivity contribution in [3.63, 3.8) is 0 Å². The number of hydrogen-bond acceptors (Lipinski definition) is 8. The lowest BCUT2D eigenvalue weighted by molar-refractivity contribution is -0.207. The molecule has 0 aliphatic carbocycles.